The van der Waals surface area contributed by atoms with E-state index in [4.69, 9.17) is 4.74 Å². The normalized spacial score (nSPS) is 16.8. The number of rotatable bonds is 4. The van der Waals surface area contributed by atoms with Crippen LogP contribution in [0.3, 0.4) is 0 Å². The Hall–Kier alpha value is -1.39. The molecular formula is C17H26N2O2. The quantitative estimate of drug-likeness (QED) is 0.924. The van der Waals surface area contributed by atoms with E-state index in [0.717, 1.165) is 43.0 Å². The molecule has 1 saturated heterocycles. The summed E-state index contributed by atoms with van der Waals surface area (Å²) in [4.78, 5) is 14.8. The Labute approximate surface area is 127 Å². The number of hydrogen-bond donors (Lipinski definition) is 1. The van der Waals surface area contributed by atoms with E-state index in [1.165, 1.54) is 0 Å². The largest absolute Gasteiger partial charge is 0.379 e. The molecule has 21 heavy (non-hydrogen) atoms. The number of benzene rings is 1. The number of nitrogens with one attached hydrogen (secondary N) is 1. The molecule has 1 aliphatic heterocycles. The molecule has 1 aromatic rings. The van der Waals surface area contributed by atoms with Gasteiger partial charge in [0, 0.05) is 30.7 Å². The molecule has 0 bridgehead atoms. The van der Waals surface area contributed by atoms with Crippen LogP contribution in [0.1, 0.15) is 35.3 Å². The summed E-state index contributed by atoms with van der Waals surface area (Å²) in [5.74, 6) is 0.0116. The second-order valence-electron chi connectivity index (χ2n) is 6.34. The minimum Gasteiger partial charge on any atom is -0.379 e. The molecule has 2 rings (SSSR count). The highest BCUT2D eigenvalue weighted by Crippen LogP contribution is 2.16. The van der Waals surface area contributed by atoms with Crippen LogP contribution in [-0.2, 0) is 4.74 Å². The summed E-state index contributed by atoms with van der Waals surface area (Å²) in [6.07, 6.45) is 0. The summed E-state index contributed by atoms with van der Waals surface area (Å²) in [6.45, 7) is 12.4. The average molecular weight is 290 g/mol. The molecule has 0 saturated carbocycles. The molecule has 4 nitrogen and oxygen atoms in total. The second kappa shape index (κ2) is 6.58. The zero-order chi connectivity index (χ0) is 15.5. The van der Waals surface area contributed by atoms with Crippen molar-refractivity contribution >= 4 is 5.91 Å². The maximum absolute atomic E-state index is 12.4. The van der Waals surface area contributed by atoms with Gasteiger partial charge in [-0.1, -0.05) is 12.1 Å². The summed E-state index contributed by atoms with van der Waals surface area (Å²) >= 11 is 0. The average Bonchev–Trinajstić information content (AvgIpc) is 2.49. The van der Waals surface area contributed by atoms with Crippen molar-refractivity contribution in [1.29, 1.82) is 0 Å². The van der Waals surface area contributed by atoms with Crippen LogP contribution in [0, 0.1) is 13.8 Å². The summed E-state index contributed by atoms with van der Waals surface area (Å²) in [5, 5.41) is 3.08. The van der Waals surface area contributed by atoms with Crippen LogP contribution < -0.4 is 5.32 Å². The number of morpholine rings is 1. The lowest BCUT2D eigenvalue weighted by Crippen LogP contribution is -2.55. The second-order valence-corrected chi connectivity index (χ2v) is 6.34. The summed E-state index contributed by atoms with van der Waals surface area (Å²) in [6, 6.07) is 5.85. The highest BCUT2D eigenvalue weighted by atomic mass is 16.5. The Kier molecular flexibility index (Phi) is 5.01. The van der Waals surface area contributed by atoms with Crippen molar-refractivity contribution in [2.75, 3.05) is 32.8 Å². The Morgan fingerprint density at radius 3 is 2.62 bits per heavy atom. The molecule has 0 radical (unpaired) electrons. The lowest BCUT2D eigenvalue weighted by molar-refractivity contribution is -0.00923. The molecule has 1 fully saturated rings. The van der Waals surface area contributed by atoms with Gasteiger partial charge in [-0.15, -0.1) is 0 Å². The van der Waals surface area contributed by atoms with E-state index in [2.05, 4.69) is 24.1 Å². The molecule has 0 spiro atoms. The Balaban J connectivity index is 1.98. The van der Waals surface area contributed by atoms with Crippen LogP contribution in [0.2, 0.25) is 0 Å². The first kappa shape index (κ1) is 16.0. The molecule has 0 aromatic heterocycles. The molecule has 116 valence electrons. The Morgan fingerprint density at radius 1 is 1.29 bits per heavy atom. The van der Waals surface area contributed by atoms with E-state index in [1.54, 1.807) is 0 Å². The van der Waals surface area contributed by atoms with Crippen molar-refractivity contribution in [3.05, 3.63) is 34.9 Å². The van der Waals surface area contributed by atoms with Gasteiger partial charge in [0.1, 0.15) is 0 Å². The lowest BCUT2D eigenvalue weighted by atomic mass is 10.0. The number of carbonyl (C=O) groups is 1. The van der Waals surface area contributed by atoms with Gasteiger partial charge in [0.25, 0.3) is 5.91 Å². The maximum Gasteiger partial charge on any atom is 0.251 e. The molecule has 0 unspecified atom stereocenters. The van der Waals surface area contributed by atoms with Crippen molar-refractivity contribution < 1.29 is 9.53 Å². The highest BCUT2D eigenvalue weighted by Gasteiger charge is 2.28. The number of amides is 1. The lowest BCUT2D eigenvalue weighted by Gasteiger charge is -2.40. The van der Waals surface area contributed by atoms with Crippen molar-refractivity contribution in [1.82, 2.24) is 10.2 Å². The zero-order valence-electron chi connectivity index (χ0n) is 13.5. The number of carbonyl (C=O) groups excluding carboxylic acids is 1. The number of aryl methyl sites for hydroxylation is 1. The van der Waals surface area contributed by atoms with Gasteiger partial charge in [-0.3, -0.25) is 9.69 Å². The maximum atomic E-state index is 12.4. The monoisotopic (exact) mass is 290 g/mol. The Morgan fingerprint density at radius 2 is 1.95 bits per heavy atom. The predicted molar refractivity (Wildman–Crippen MR) is 84.7 cm³/mol. The third-order valence-electron chi connectivity index (χ3n) is 4.40. The minimum atomic E-state index is -0.0584. The van der Waals surface area contributed by atoms with Crippen molar-refractivity contribution in [2.24, 2.45) is 0 Å². The molecule has 4 heteroatoms. The zero-order valence-corrected chi connectivity index (χ0v) is 13.5. The topological polar surface area (TPSA) is 41.6 Å². The first-order valence-corrected chi connectivity index (χ1v) is 7.59. The third-order valence-corrected chi connectivity index (χ3v) is 4.40. The van der Waals surface area contributed by atoms with Crippen LogP contribution in [-0.4, -0.2) is 49.2 Å². The van der Waals surface area contributed by atoms with E-state index in [-0.39, 0.29) is 11.4 Å². The number of ether oxygens (including phenoxy) is 1. The molecule has 1 heterocycles. The van der Waals surface area contributed by atoms with Gasteiger partial charge in [-0.25, -0.2) is 0 Å². The molecule has 1 aromatic carbocycles. The van der Waals surface area contributed by atoms with Crippen LogP contribution in [0.5, 0.6) is 0 Å². The van der Waals surface area contributed by atoms with E-state index in [9.17, 15) is 4.79 Å². The number of hydrogen-bond acceptors (Lipinski definition) is 3. The summed E-state index contributed by atoms with van der Waals surface area (Å²) < 4.78 is 5.39. The van der Waals surface area contributed by atoms with Gasteiger partial charge in [0.2, 0.25) is 0 Å². The SMILES string of the molecule is Cc1cccc(C(=O)NCC(C)(C)N2CCOCC2)c1C. The fourth-order valence-corrected chi connectivity index (χ4v) is 2.67. The predicted octanol–water partition coefficient (Wildman–Crippen LogP) is 2.14. The van der Waals surface area contributed by atoms with Gasteiger partial charge in [-0.05, 0) is 44.9 Å². The van der Waals surface area contributed by atoms with Gasteiger partial charge >= 0.3 is 0 Å². The van der Waals surface area contributed by atoms with Crippen LogP contribution in [0.4, 0.5) is 0 Å². The first-order valence-electron chi connectivity index (χ1n) is 7.59. The van der Waals surface area contributed by atoms with Gasteiger partial charge in [0.05, 0.1) is 13.2 Å². The minimum absolute atomic E-state index is 0.0116. The highest BCUT2D eigenvalue weighted by molar-refractivity contribution is 5.95. The molecule has 0 atom stereocenters. The molecule has 1 aliphatic rings. The standard InChI is InChI=1S/C17H26N2O2/c1-13-6-5-7-15(14(13)2)16(20)18-12-17(3,4)19-8-10-21-11-9-19/h5-7H,8-12H2,1-4H3,(H,18,20). The summed E-state index contributed by atoms with van der Waals surface area (Å²) in [7, 11) is 0. The molecule has 1 amide bonds. The summed E-state index contributed by atoms with van der Waals surface area (Å²) in [5.41, 5.74) is 2.92. The van der Waals surface area contributed by atoms with E-state index in [0.29, 0.717) is 6.54 Å². The van der Waals surface area contributed by atoms with E-state index < -0.39 is 0 Å². The van der Waals surface area contributed by atoms with Crippen LogP contribution in [0.15, 0.2) is 18.2 Å². The van der Waals surface area contributed by atoms with Gasteiger partial charge in [-0.2, -0.15) is 0 Å². The third kappa shape index (κ3) is 3.83. The number of nitrogens with zero attached hydrogens (tertiary/aromatic N) is 1. The van der Waals surface area contributed by atoms with E-state index >= 15 is 0 Å². The van der Waals surface area contributed by atoms with Crippen molar-refractivity contribution in [3.63, 3.8) is 0 Å². The molecular weight excluding hydrogens is 264 g/mol. The van der Waals surface area contributed by atoms with Gasteiger partial charge < -0.3 is 10.1 Å². The Bertz CT molecular complexity index is 506. The smallest absolute Gasteiger partial charge is 0.251 e. The fraction of sp³-hybridized carbons (Fsp3) is 0.588. The molecule has 0 aliphatic carbocycles. The van der Waals surface area contributed by atoms with Crippen LogP contribution >= 0.6 is 0 Å². The van der Waals surface area contributed by atoms with Crippen molar-refractivity contribution in [3.8, 4) is 0 Å². The van der Waals surface area contributed by atoms with Gasteiger partial charge in [0.15, 0.2) is 0 Å². The fourth-order valence-electron chi connectivity index (χ4n) is 2.67. The first-order chi connectivity index (χ1) is 9.92. The van der Waals surface area contributed by atoms with E-state index in [1.807, 2.05) is 32.0 Å². The van der Waals surface area contributed by atoms with Crippen molar-refractivity contribution in [2.45, 2.75) is 33.2 Å². The van der Waals surface area contributed by atoms with Crippen LogP contribution in [0.25, 0.3) is 0 Å². The molecule has 1 N–H and O–H groups in total.